The first kappa shape index (κ1) is 24.2. The summed E-state index contributed by atoms with van der Waals surface area (Å²) in [6.45, 7) is 6.01. The number of carbonyl (C=O) groups excluding carboxylic acids is 3. The monoisotopic (exact) mass is 473 g/mol. The minimum absolute atomic E-state index is 0.0242. The van der Waals surface area contributed by atoms with Gasteiger partial charge in [-0.15, -0.1) is 0 Å². The van der Waals surface area contributed by atoms with Crippen LogP contribution in [0.15, 0.2) is 60.8 Å². The summed E-state index contributed by atoms with van der Waals surface area (Å²) in [5.41, 5.74) is 3.99. The number of hydrogen-bond acceptors (Lipinski definition) is 4. The van der Waals surface area contributed by atoms with E-state index in [1.165, 1.54) is 5.56 Å². The zero-order valence-electron chi connectivity index (χ0n) is 20.2. The van der Waals surface area contributed by atoms with E-state index in [4.69, 9.17) is 5.10 Å². The van der Waals surface area contributed by atoms with E-state index >= 15 is 0 Å². The molecule has 1 aliphatic rings. The van der Waals surface area contributed by atoms with Crippen molar-refractivity contribution in [3.8, 4) is 16.9 Å². The van der Waals surface area contributed by atoms with Crippen LogP contribution in [-0.4, -0.2) is 70.0 Å². The number of aryl methyl sites for hydroxylation is 1. The van der Waals surface area contributed by atoms with Crippen LogP contribution >= 0.6 is 0 Å². The Kier molecular flexibility index (Phi) is 7.60. The number of nitrogens with zero attached hydrogens (tertiary/aromatic N) is 4. The Morgan fingerprint density at radius 3 is 2.20 bits per heavy atom. The van der Waals surface area contributed by atoms with Gasteiger partial charge in [0, 0.05) is 57.8 Å². The van der Waals surface area contributed by atoms with E-state index in [-0.39, 0.29) is 30.7 Å². The molecule has 0 bridgehead atoms. The summed E-state index contributed by atoms with van der Waals surface area (Å²) < 4.78 is 1.71. The fraction of sp³-hybridized carbons (Fsp3) is 0.333. The molecule has 4 rings (SSSR count). The first-order chi connectivity index (χ1) is 17.0. The summed E-state index contributed by atoms with van der Waals surface area (Å²) >= 11 is 0. The molecule has 0 aliphatic carbocycles. The average molecular weight is 474 g/mol. The summed E-state index contributed by atoms with van der Waals surface area (Å²) in [6, 6.07) is 17.7. The van der Waals surface area contributed by atoms with E-state index in [9.17, 15) is 14.4 Å². The van der Waals surface area contributed by atoms with E-state index in [0.29, 0.717) is 37.4 Å². The predicted octanol–water partition coefficient (Wildman–Crippen LogP) is 2.91. The normalized spacial score (nSPS) is 13.5. The minimum atomic E-state index is -0.268. The summed E-state index contributed by atoms with van der Waals surface area (Å²) in [6.07, 6.45) is 2.87. The van der Waals surface area contributed by atoms with Crippen LogP contribution in [0.25, 0.3) is 16.9 Å². The molecule has 3 amide bonds. The Balaban J connectivity index is 1.45. The third-order valence-corrected chi connectivity index (χ3v) is 6.32. The minimum Gasteiger partial charge on any atom is -0.351 e. The number of nitrogens with one attached hydrogen (secondary N) is 1. The largest absolute Gasteiger partial charge is 0.351 e. The first-order valence-electron chi connectivity index (χ1n) is 12.0. The van der Waals surface area contributed by atoms with Gasteiger partial charge in [-0.1, -0.05) is 49.4 Å². The molecule has 1 aromatic heterocycles. The van der Waals surface area contributed by atoms with Crippen molar-refractivity contribution in [1.82, 2.24) is 24.9 Å². The number of hydrogen-bond donors (Lipinski definition) is 1. The Morgan fingerprint density at radius 1 is 0.914 bits per heavy atom. The topological polar surface area (TPSA) is 87.5 Å². The van der Waals surface area contributed by atoms with Gasteiger partial charge in [0.2, 0.25) is 11.8 Å². The standard InChI is InChI=1S/C27H31N5O3/c1-3-21-9-11-22(12-10-21)26-24(19-32(29-26)23-7-5-4-6-8-23)27(35)28-14-13-25(34)31-17-15-30(16-18-31)20(2)33/h4-12,19H,3,13-18H2,1-2H3,(H,28,35). The fourth-order valence-electron chi connectivity index (χ4n) is 4.17. The first-order valence-corrected chi connectivity index (χ1v) is 12.0. The van der Waals surface area contributed by atoms with Crippen molar-refractivity contribution in [3.63, 3.8) is 0 Å². The lowest BCUT2D eigenvalue weighted by Crippen LogP contribution is -2.50. The molecule has 3 aromatic rings. The van der Waals surface area contributed by atoms with Crippen LogP contribution in [0, 0.1) is 0 Å². The van der Waals surface area contributed by atoms with Crippen LogP contribution in [0.4, 0.5) is 0 Å². The molecular formula is C27H31N5O3. The molecule has 35 heavy (non-hydrogen) atoms. The highest BCUT2D eigenvalue weighted by molar-refractivity contribution is 6.00. The van der Waals surface area contributed by atoms with Gasteiger partial charge < -0.3 is 15.1 Å². The zero-order chi connectivity index (χ0) is 24.8. The molecule has 0 spiro atoms. The van der Waals surface area contributed by atoms with Crippen molar-refractivity contribution in [2.75, 3.05) is 32.7 Å². The van der Waals surface area contributed by atoms with Crippen molar-refractivity contribution in [2.24, 2.45) is 0 Å². The number of benzene rings is 2. The molecule has 8 nitrogen and oxygen atoms in total. The van der Waals surface area contributed by atoms with E-state index in [0.717, 1.165) is 17.7 Å². The fourth-order valence-corrected chi connectivity index (χ4v) is 4.17. The molecule has 1 saturated heterocycles. The second-order valence-corrected chi connectivity index (χ2v) is 8.61. The van der Waals surface area contributed by atoms with Crippen LogP contribution in [0.2, 0.25) is 0 Å². The highest BCUT2D eigenvalue weighted by atomic mass is 16.2. The average Bonchev–Trinajstić information content (AvgIpc) is 3.35. The molecule has 1 fully saturated rings. The molecule has 1 aliphatic heterocycles. The molecule has 0 atom stereocenters. The SMILES string of the molecule is CCc1ccc(-c2nn(-c3ccccc3)cc2C(=O)NCCC(=O)N2CCN(C(C)=O)CC2)cc1. The van der Waals surface area contributed by atoms with Crippen molar-refractivity contribution < 1.29 is 14.4 Å². The van der Waals surface area contributed by atoms with Crippen molar-refractivity contribution in [3.05, 3.63) is 71.9 Å². The summed E-state index contributed by atoms with van der Waals surface area (Å²) in [5, 5.41) is 7.60. The van der Waals surface area contributed by atoms with Gasteiger partial charge in [-0.05, 0) is 24.1 Å². The summed E-state index contributed by atoms with van der Waals surface area (Å²) in [4.78, 5) is 40.7. The number of piperazine rings is 1. The Bertz CT molecular complexity index is 1180. The lowest BCUT2D eigenvalue weighted by atomic mass is 10.0. The van der Waals surface area contributed by atoms with E-state index in [2.05, 4.69) is 12.2 Å². The van der Waals surface area contributed by atoms with Crippen molar-refractivity contribution >= 4 is 17.7 Å². The van der Waals surface area contributed by atoms with Gasteiger partial charge >= 0.3 is 0 Å². The van der Waals surface area contributed by atoms with Crippen LogP contribution in [0.5, 0.6) is 0 Å². The number of amides is 3. The van der Waals surface area contributed by atoms with Gasteiger partial charge in [-0.3, -0.25) is 14.4 Å². The molecule has 1 N–H and O–H groups in total. The number of aromatic nitrogens is 2. The Labute approximate surface area is 205 Å². The van der Waals surface area contributed by atoms with Gasteiger partial charge in [-0.2, -0.15) is 5.10 Å². The number of rotatable bonds is 7. The lowest BCUT2D eigenvalue weighted by Gasteiger charge is -2.34. The highest BCUT2D eigenvalue weighted by Crippen LogP contribution is 2.24. The second-order valence-electron chi connectivity index (χ2n) is 8.61. The molecule has 2 heterocycles. The second kappa shape index (κ2) is 11.0. The summed E-state index contributed by atoms with van der Waals surface area (Å²) in [5.74, 6) is -0.264. The van der Waals surface area contributed by atoms with Crippen LogP contribution in [0.1, 0.15) is 36.2 Å². The van der Waals surface area contributed by atoms with E-state index in [1.807, 2.05) is 54.6 Å². The molecular weight excluding hydrogens is 442 g/mol. The zero-order valence-corrected chi connectivity index (χ0v) is 20.2. The molecule has 0 saturated carbocycles. The number of para-hydroxylation sites is 1. The lowest BCUT2D eigenvalue weighted by molar-refractivity contribution is -0.138. The van der Waals surface area contributed by atoms with E-state index < -0.39 is 0 Å². The third-order valence-electron chi connectivity index (χ3n) is 6.32. The molecule has 8 heteroatoms. The third kappa shape index (κ3) is 5.77. The van der Waals surface area contributed by atoms with Gasteiger partial charge in [0.15, 0.2) is 0 Å². The quantitative estimate of drug-likeness (QED) is 0.572. The Hall–Kier alpha value is -3.94. The molecule has 182 valence electrons. The predicted molar refractivity (Wildman–Crippen MR) is 134 cm³/mol. The van der Waals surface area contributed by atoms with Crippen LogP contribution < -0.4 is 5.32 Å². The smallest absolute Gasteiger partial charge is 0.255 e. The maximum atomic E-state index is 13.1. The Morgan fingerprint density at radius 2 is 1.57 bits per heavy atom. The van der Waals surface area contributed by atoms with E-state index in [1.54, 1.807) is 27.6 Å². The molecule has 0 radical (unpaired) electrons. The van der Waals surface area contributed by atoms with Gasteiger partial charge in [0.1, 0.15) is 5.69 Å². The molecule has 2 aromatic carbocycles. The van der Waals surface area contributed by atoms with Crippen molar-refractivity contribution in [2.45, 2.75) is 26.7 Å². The maximum absolute atomic E-state index is 13.1. The van der Waals surface area contributed by atoms with Gasteiger partial charge in [0.05, 0.1) is 11.3 Å². The van der Waals surface area contributed by atoms with Gasteiger partial charge in [-0.25, -0.2) is 4.68 Å². The maximum Gasteiger partial charge on any atom is 0.255 e. The van der Waals surface area contributed by atoms with Crippen LogP contribution in [0.3, 0.4) is 0 Å². The van der Waals surface area contributed by atoms with Gasteiger partial charge in [0.25, 0.3) is 5.91 Å². The van der Waals surface area contributed by atoms with Crippen molar-refractivity contribution in [1.29, 1.82) is 0 Å². The number of carbonyl (C=O) groups is 3. The highest BCUT2D eigenvalue weighted by Gasteiger charge is 2.23. The molecule has 0 unspecified atom stereocenters. The summed E-state index contributed by atoms with van der Waals surface area (Å²) in [7, 11) is 0. The van der Waals surface area contributed by atoms with Crippen LogP contribution in [-0.2, 0) is 16.0 Å².